The van der Waals surface area contributed by atoms with Crippen LogP contribution in [0.15, 0.2) is 4.99 Å². The van der Waals surface area contributed by atoms with Gasteiger partial charge in [-0.15, -0.1) is 0 Å². The molecule has 0 spiro atoms. The third-order valence-corrected chi connectivity index (χ3v) is 3.46. The highest BCUT2D eigenvalue weighted by atomic mass is 16.3. The molecule has 1 saturated heterocycles. The van der Waals surface area contributed by atoms with Gasteiger partial charge < -0.3 is 5.11 Å². The Balaban J connectivity index is 2.37. The average molecular weight is 281 g/mol. The van der Waals surface area contributed by atoms with Gasteiger partial charge in [0.1, 0.15) is 12.4 Å². The van der Waals surface area contributed by atoms with Gasteiger partial charge in [-0.2, -0.15) is 0 Å². The number of likely N-dealkylation sites (N-methyl/N-ethyl adjacent to an activating group) is 2. The summed E-state index contributed by atoms with van der Waals surface area (Å²) < 4.78 is 1.58. The molecule has 0 aromatic heterocycles. The largest absolute Gasteiger partial charge is 0.384 e. The first-order valence-electron chi connectivity index (χ1n) is 6.25. The standard InChI is InChI=1S/C12H17N4O4/c1-7(18)4-5-16-8(6-17)13-10-9(16)11(19)15(3)12(20)14(10)2/h9,17H,4-6H2,1-3H3/q+1. The molecule has 2 aliphatic heterocycles. The van der Waals surface area contributed by atoms with Crippen molar-refractivity contribution >= 4 is 29.4 Å². The Morgan fingerprint density at radius 2 is 2.00 bits per heavy atom. The number of fused-ring (bicyclic) bond motifs is 1. The fraction of sp³-hybridized carbons (Fsp3) is 0.583. The molecule has 8 heteroatoms. The second kappa shape index (κ2) is 5.12. The minimum atomic E-state index is -0.746. The summed E-state index contributed by atoms with van der Waals surface area (Å²) in [5.74, 6) is 0.177. The predicted octanol–water partition coefficient (Wildman–Crippen LogP) is -1.33. The van der Waals surface area contributed by atoms with E-state index in [0.29, 0.717) is 11.7 Å². The topological polar surface area (TPSA) is 93.3 Å². The number of ketones is 1. The molecule has 0 saturated carbocycles. The van der Waals surface area contributed by atoms with Crippen LogP contribution in [0.3, 0.4) is 0 Å². The van der Waals surface area contributed by atoms with E-state index in [2.05, 4.69) is 4.99 Å². The molecule has 2 heterocycles. The first kappa shape index (κ1) is 14.3. The first-order chi connectivity index (χ1) is 9.38. The van der Waals surface area contributed by atoms with Crippen molar-refractivity contribution in [2.45, 2.75) is 19.4 Å². The summed E-state index contributed by atoms with van der Waals surface area (Å²) >= 11 is 0. The molecular weight excluding hydrogens is 264 g/mol. The lowest BCUT2D eigenvalue weighted by molar-refractivity contribution is -0.535. The number of urea groups is 1. The van der Waals surface area contributed by atoms with Crippen LogP contribution >= 0.6 is 0 Å². The highest BCUT2D eigenvalue weighted by molar-refractivity contribution is 6.22. The molecule has 0 aromatic rings. The molecule has 1 atom stereocenters. The van der Waals surface area contributed by atoms with E-state index >= 15 is 0 Å². The molecule has 8 nitrogen and oxygen atoms in total. The summed E-state index contributed by atoms with van der Waals surface area (Å²) in [6.07, 6.45) is 0.247. The van der Waals surface area contributed by atoms with Gasteiger partial charge >= 0.3 is 11.9 Å². The van der Waals surface area contributed by atoms with Gasteiger partial charge in [-0.05, 0) is 11.9 Å². The number of aliphatic hydroxyl groups is 1. The number of nitrogens with zero attached hydrogens (tertiary/aromatic N) is 4. The van der Waals surface area contributed by atoms with Crippen molar-refractivity contribution < 1.29 is 24.1 Å². The third kappa shape index (κ3) is 2.11. The average Bonchev–Trinajstić information content (AvgIpc) is 2.79. The fourth-order valence-electron chi connectivity index (χ4n) is 2.31. The van der Waals surface area contributed by atoms with Gasteiger partial charge in [0.2, 0.25) is 0 Å². The zero-order valence-corrected chi connectivity index (χ0v) is 11.7. The van der Waals surface area contributed by atoms with Crippen LogP contribution in [0.2, 0.25) is 0 Å². The molecule has 2 aliphatic rings. The Labute approximate surface area is 116 Å². The number of carbonyl (C=O) groups is 3. The monoisotopic (exact) mass is 281 g/mol. The van der Waals surface area contributed by atoms with Gasteiger partial charge in [-0.1, -0.05) is 0 Å². The predicted molar refractivity (Wildman–Crippen MR) is 69.7 cm³/mol. The zero-order chi connectivity index (χ0) is 15.0. The Morgan fingerprint density at radius 1 is 1.35 bits per heavy atom. The lowest BCUT2D eigenvalue weighted by Crippen LogP contribution is -2.61. The van der Waals surface area contributed by atoms with Crippen LogP contribution in [0.4, 0.5) is 4.79 Å². The fourth-order valence-corrected chi connectivity index (χ4v) is 2.31. The summed E-state index contributed by atoms with van der Waals surface area (Å²) in [4.78, 5) is 41.7. The summed E-state index contributed by atoms with van der Waals surface area (Å²) in [7, 11) is 2.93. The van der Waals surface area contributed by atoms with Crippen LogP contribution < -0.4 is 0 Å². The molecule has 3 amide bonds. The number of rotatable bonds is 4. The summed E-state index contributed by atoms with van der Waals surface area (Å²) in [5, 5.41) is 9.35. The van der Waals surface area contributed by atoms with E-state index in [0.717, 1.165) is 4.90 Å². The van der Waals surface area contributed by atoms with Crippen molar-refractivity contribution in [1.29, 1.82) is 0 Å². The highest BCUT2D eigenvalue weighted by Crippen LogP contribution is 2.18. The van der Waals surface area contributed by atoms with E-state index in [4.69, 9.17) is 0 Å². The second-order valence-corrected chi connectivity index (χ2v) is 4.83. The second-order valence-electron chi connectivity index (χ2n) is 4.83. The van der Waals surface area contributed by atoms with Crippen LogP contribution in [-0.4, -0.2) is 82.2 Å². The minimum Gasteiger partial charge on any atom is -0.384 e. The number of hydrogen-bond acceptors (Lipinski definition) is 5. The van der Waals surface area contributed by atoms with E-state index in [9.17, 15) is 19.5 Å². The summed E-state index contributed by atoms with van der Waals surface area (Å²) in [5.41, 5.74) is 0. The van der Waals surface area contributed by atoms with Gasteiger partial charge in [0.15, 0.2) is 0 Å². The number of carbonyl (C=O) groups excluding carboxylic acids is 3. The number of amides is 3. The SMILES string of the molecule is CC(=O)CC[N+]1=C(CO)N=C2C1C(=O)N(C)C(=O)N2C. The summed E-state index contributed by atoms with van der Waals surface area (Å²) in [6.45, 7) is 1.39. The number of hydrogen-bond donors (Lipinski definition) is 1. The van der Waals surface area contributed by atoms with Crippen LogP contribution in [0, 0.1) is 0 Å². The van der Waals surface area contributed by atoms with Gasteiger partial charge in [0, 0.05) is 20.5 Å². The van der Waals surface area contributed by atoms with Crippen molar-refractivity contribution in [3.05, 3.63) is 0 Å². The maximum absolute atomic E-state index is 12.3. The lowest BCUT2D eigenvalue weighted by atomic mass is 10.1. The minimum absolute atomic E-state index is 0.0169. The summed E-state index contributed by atoms with van der Waals surface area (Å²) in [6, 6.07) is -1.21. The van der Waals surface area contributed by atoms with E-state index in [1.807, 2.05) is 0 Å². The number of Topliss-reactive ketones (excluding diaryl/α,β-unsaturated/α-hetero) is 1. The molecule has 108 valence electrons. The maximum atomic E-state index is 12.3. The number of imide groups is 1. The van der Waals surface area contributed by atoms with Crippen molar-refractivity contribution in [3.63, 3.8) is 0 Å². The van der Waals surface area contributed by atoms with Gasteiger partial charge in [0.05, 0.1) is 6.54 Å². The molecule has 20 heavy (non-hydrogen) atoms. The van der Waals surface area contributed by atoms with Crippen LogP contribution in [0.25, 0.3) is 0 Å². The lowest BCUT2D eigenvalue weighted by Gasteiger charge is -2.30. The molecule has 0 aliphatic carbocycles. The molecule has 1 unspecified atom stereocenters. The quantitative estimate of drug-likeness (QED) is 0.646. The van der Waals surface area contributed by atoms with Crippen molar-refractivity contribution in [2.75, 3.05) is 27.2 Å². The van der Waals surface area contributed by atoms with Crippen LogP contribution in [0.5, 0.6) is 0 Å². The molecule has 0 radical (unpaired) electrons. The highest BCUT2D eigenvalue weighted by Gasteiger charge is 2.52. The Morgan fingerprint density at radius 3 is 2.55 bits per heavy atom. The van der Waals surface area contributed by atoms with Crippen molar-refractivity contribution in [3.8, 4) is 0 Å². The third-order valence-electron chi connectivity index (χ3n) is 3.46. The number of amidine groups is 2. The van der Waals surface area contributed by atoms with E-state index in [1.165, 1.54) is 25.9 Å². The van der Waals surface area contributed by atoms with E-state index in [-0.39, 0.29) is 25.4 Å². The molecule has 1 N–H and O–H groups in total. The Hall–Kier alpha value is -2.09. The van der Waals surface area contributed by atoms with E-state index in [1.54, 1.807) is 4.58 Å². The maximum Gasteiger partial charge on any atom is 0.333 e. The van der Waals surface area contributed by atoms with E-state index < -0.39 is 18.0 Å². The molecule has 1 fully saturated rings. The molecule has 2 rings (SSSR count). The van der Waals surface area contributed by atoms with Gasteiger partial charge in [0.25, 0.3) is 17.8 Å². The van der Waals surface area contributed by atoms with Crippen molar-refractivity contribution in [2.24, 2.45) is 4.99 Å². The number of aliphatic imine (C=N–C) groups is 1. The first-order valence-corrected chi connectivity index (χ1v) is 6.25. The molecule has 0 aromatic carbocycles. The van der Waals surface area contributed by atoms with Gasteiger partial charge in [-0.3, -0.25) is 19.4 Å². The molecular formula is C12H17N4O4+. The van der Waals surface area contributed by atoms with Crippen LogP contribution in [0.1, 0.15) is 13.3 Å². The number of aliphatic hydroxyl groups excluding tert-OH is 1. The van der Waals surface area contributed by atoms with Gasteiger partial charge in [-0.25, -0.2) is 9.37 Å². The smallest absolute Gasteiger partial charge is 0.333 e. The normalized spacial score (nSPS) is 22.4. The molecule has 0 bridgehead atoms. The zero-order valence-electron chi connectivity index (χ0n) is 11.7. The Kier molecular flexibility index (Phi) is 3.67. The van der Waals surface area contributed by atoms with Crippen LogP contribution in [-0.2, 0) is 9.59 Å². The Bertz CT molecular complexity index is 552. The van der Waals surface area contributed by atoms with Crippen molar-refractivity contribution in [1.82, 2.24) is 9.80 Å².